The number of benzene rings is 5. The van der Waals surface area contributed by atoms with E-state index in [2.05, 4.69) is 36.9 Å². The highest BCUT2D eigenvalue weighted by atomic mass is 16.7. The number of hydrogen-bond donors (Lipinski definition) is 2. The number of carbonyl (C=O) groups is 2. The minimum absolute atomic E-state index is 0.000278. The van der Waals surface area contributed by atoms with Crippen LogP contribution in [0.5, 0.6) is 17.2 Å². The van der Waals surface area contributed by atoms with Crippen LogP contribution in [0.4, 0.5) is 5.69 Å². The summed E-state index contributed by atoms with van der Waals surface area (Å²) in [6.45, 7) is 4.65. The van der Waals surface area contributed by atoms with Gasteiger partial charge in [-0.05, 0) is 120 Å². The molecular formula is C56H59N3O10. The van der Waals surface area contributed by atoms with Gasteiger partial charge in [-0.15, -0.1) is 6.58 Å². The molecule has 13 nitrogen and oxygen atoms in total. The van der Waals surface area contributed by atoms with Gasteiger partial charge in [0.05, 0.1) is 23.2 Å². The van der Waals surface area contributed by atoms with Gasteiger partial charge in [0.2, 0.25) is 11.7 Å². The van der Waals surface area contributed by atoms with E-state index in [9.17, 15) is 25.1 Å². The number of aliphatic hydroxyl groups excluding tert-OH is 2. The maximum absolute atomic E-state index is 15.2. The molecule has 9 rings (SSSR count). The van der Waals surface area contributed by atoms with Gasteiger partial charge in [0.25, 0.3) is 5.69 Å². The molecule has 4 aliphatic rings. The Kier molecular flexibility index (Phi) is 14.6. The van der Waals surface area contributed by atoms with Crippen molar-refractivity contribution in [3.8, 4) is 17.2 Å². The first-order valence-electron chi connectivity index (χ1n) is 24.2. The number of nitro benzene ring substituents is 1. The van der Waals surface area contributed by atoms with E-state index < -0.39 is 22.7 Å². The minimum Gasteiger partial charge on any atom is -0.459 e. The molecule has 2 saturated carbocycles. The third-order valence-corrected chi connectivity index (χ3v) is 14.2. The Hall–Kier alpha value is -6.67. The predicted molar refractivity (Wildman–Crippen MR) is 262 cm³/mol. The van der Waals surface area contributed by atoms with E-state index in [1.165, 1.54) is 12.1 Å². The predicted octanol–water partition coefficient (Wildman–Crippen LogP) is 10.6. The van der Waals surface area contributed by atoms with E-state index in [0.29, 0.717) is 46.9 Å². The second-order valence-electron chi connectivity index (χ2n) is 18.6. The summed E-state index contributed by atoms with van der Waals surface area (Å²) in [5, 5.41) is 38.6. The first-order valence-corrected chi connectivity index (χ1v) is 24.2. The molecule has 358 valence electrons. The number of carbonyl (C=O) groups excluding carboxylic acids is 2. The maximum atomic E-state index is 15.2. The largest absolute Gasteiger partial charge is 0.459 e. The van der Waals surface area contributed by atoms with Crippen LogP contribution in [0.25, 0.3) is 10.8 Å². The summed E-state index contributed by atoms with van der Waals surface area (Å²) in [7, 11) is 0. The number of aldehydes is 1. The van der Waals surface area contributed by atoms with Crippen molar-refractivity contribution >= 4 is 34.4 Å². The van der Waals surface area contributed by atoms with Gasteiger partial charge < -0.3 is 34.2 Å². The van der Waals surface area contributed by atoms with Crippen molar-refractivity contribution < 1.29 is 43.8 Å². The van der Waals surface area contributed by atoms with Crippen LogP contribution < -0.4 is 9.47 Å². The van der Waals surface area contributed by atoms with Crippen LogP contribution in [0, 0.1) is 33.8 Å². The van der Waals surface area contributed by atoms with Crippen LogP contribution in [0.3, 0.4) is 0 Å². The summed E-state index contributed by atoms with van der Waals surface area (Å²) in [6, 6.07) is 32.6. The summed E-state index contributed by atoms with van der Waals surface area (Å²) < 4.78 is 21.2. The number of aliphatic hydroxyl groups is 2. The van der Waals surface area contributed by atoms with Gasteiger partial charge in [-0.1, -0.05) is 84.7 Å². The average Bonchev–Trinajstić information content (AvgIpc) is 4.23. The van der Waals surface area contributed by atoms with Crippen molar-refractivity contribution in [2.24, 2.45) is 28.8 Å². The Bertz CT molecular complexity index is 2730. The fourth-order valence-electron chi connectivity index (χ4n) is 10.9. The highest BCUT2D eigenvalue weighted by Crippen LogP contribution is 2.62. The summed E-state index contributed by atoms with van der Waals surface area (Å²) in [5.41, 5.74) is 4.57. The van der Waals surface area contributed by atoms with Crippen molar-refractivity contribution in [3.05, 3.63) is 166 Å². The fraction of sp³-hybridized carbons (Fsp3) is 0.375. The van der Waals surface area contributed by atoms with Crippen molar-refractivity contribution in [1.82, 2.24) is 4.90 Å². The van der Waals surface area contributed by atoms with E-state index in [-0.39, 0.29) is 74.7 Å². The van der Waals surface area contributed by atoms with E-state index in [1.807, 2.05) is 41.3 Å². The monoisotopic (exact) mass is 933 g/mol. The molecule has 2 N–H and O–H groups in total. The fourth-order valence-corrected chi connectivity index (χ4v) is 10.9. The second-order valence-corrected chi connectivity index (χ2v) is 18.6. The number of oxime groups is 1. The minimum atomic E-state index is -1.46. The molecule has 1 heterocycles. The van der Waals surface area contributed by atoms with Gasteiger partial charge >= 0.3 is 0 Å². The molecule has 5 aromatic carbocycles. The zero-order valence-corrected chi connectivity index (χ0v) is 38.7. The quantitative estimate of drug-likeness (QED) is 0.0224. The van der Waals surface area contributed by atoms with E-state index in [1.54, 1.807) is 42.5 Å². The van der Waals surface area contributed by atoms with Crippen molar-refractivity contribution in [2.75, 3.05) is 19.8 Å². The summed E-state index contributed by atoms with van der Waals surface area (Å²) in [4.78, 5) is 46.2. The van der Waals surface area contributed by atoms with E-state index in [4.69, 9.17) is 24.2 Å². The second kappa shape index (κ2) is 21.3. The number of nitrogens with zero attached hydrogens (tertiary/aromatic N) is 3. The van der Waals surface area contributed by atoms with Crippen LogP contribution in [0.1, 0.15) is 90.8 Å². The number of fused-ring (bicyclic) bond motifs is 3. The average molecular weight is 934 g/mol. The highest BCUT2D eigenvalue weighted by Gasteiger charge is 2.66. The number of allylic oxidation sites excluding steroid dienone is 1. The summed E-state index contributed by atoms with van der Waals surface area (Å²) in [5.74, 6) is -0.813. The third kappa shape index (κ3) is 10.1. The molecule has 2 fully saturated rings. The van der Waals surface area contributed by atoms with E-state index >= 15 is 4.79 Å². The number of amides is 1. The number of non-ortho nitro benzene ring substituents is 1. The third-order valence-electron chi connectivity index (χ3n) is 14.2. The number of hydrogen-bond acceptors (Lipinski definition) is 11. The maximum Gasteiger partial charge on any atom is 0.269 e. The number of unbranched alkanes of at least 4 members (excludes halogenated alkanes) is 2. The van der Waals surface area contributed by atoms with E-state index in [0.717, 1.165) is 72.3 Å². The number of nitro groups is 1. The zero-order valence-electron chi connectivity index (χ0n) is 38.7. The number of rotatable bonds is 22. The molecule has 1 aliphatic heterocycles. The van der Waals surface area contributed by atoms with Crippen molar-refractivity contribution in [3.63, 3.8) is 0 Å². The first-order chi connectivity index (χ1) is 33.7. The zero-order chi connectivity index (χ0) is 47.9. The van der Waals surface area contributed by atoms with Gasteiger partial charge in [-0.2, -0.15) is 0 Å². The van der Waals surface area contributed by atoms with Gasteiger partial charge in [0.15, 0.2) is 0 Å². The van der Waals surface area contributed by atoms with Crippen LogP contribution in [-0.4, -0.2) is 69.6 Å². The summed E-state index contributed by atoms with van der Waals surface area (Å²) in [6.07, 6.45) is 10.9. The molecule has 0 saturated heterocycles. The van der Waals surface area contributed by atoms with Crippen molar-refractivity contribution in [1.29, 1.82) is 0 Å². The normalized spacial score (nSPS) is 23.0. The van der Waals surface area contributed by atoms with Crippen LogP contribution in [-0.2, 0) is 27.5 Å². The topological polar surface area (TPSA) is 170 Å². The molecule has 3 aliphatic carbocycles. The van der Waals surface area contributed by atoms with Gasteiger partial charge in [-0.3, -0.25) is 19.7 Å². The molecule has 5 aromatic rings. The first kappa shape index (κ1) is 47.4. The van der Waals surface area contributed by atoms with Crippen LogP contribution in [0.15, 0.2) is 139 Å². The Balaban J connectivity index is 1.24. The molecule has 13 heteroatoms. The molecule has 0 bridgehead atoms. The van der Waals surface area contributed by atoms with Crippen LogP contribution in [0.2, 0.25) is 0 Å². The Labute approximate surface area is 402 Å². The molecule has 6 atom stereocenters. The van der Waals surface area contributed by atoms with Gasteiger partial charge in [0, 0.05) is 61.3 Å². The molecule has 69 heavy (non-hydrogen) atoms. The lowest BCUT2D eigenvalue weighted by Crippen LogP contribution is -2.70. The smallest absolute Gasteiger partial charge is 0.269 e. The lowest BCUT2D eigenvalue weighted by atomic mass is 9.55. The van der Waals surface area contributed by atoms with Crippen molar-refractivity contribution in [2.45, 2.75) is 88.7 Å². The molecule has 6 unspecified atom stereocenters. The van der Waals surface area contributed by atoms with Gasteiger partial charge in [-0.25, -0.2) is 0 Å². The lowest BCUT2D eigenvalue weighted by molar-refractivity contribution is -0.384. The Morgan fingerprint density at radius 3 is 2.42 bits per heavy atom. The molecule has 1 amide bonds. The molecule has 0 spiro atoms. The lowest BCUT2D eigenvalue weighted by Gasteiger charge is -2.60. The Morgan fingerprint density at radius 1 is 0.913 bits per heavy atom. The Morgan fingerprint density at radius 2 is 1.67 bits per heavy atom. The number of ether oxygens (including phenoxy) is 3. The molecule has 0 aromatic heterocycles. The molecular weight excluding hydrogens is 875 g/mol. The van der Waals surface area contributed by atoms with Crippen LogP contribution >= 0.6 is 0 Å². The summed E-state index contributed by atoms with van der Waals surface area (Å²) >= 11 is 0. The standard InChI is InChI=1S/C56H59N3O10/c1-2-29-66-56-52(58(55(63)40-21-22-40)34-42-15-10-14-39-12-3-4-17-46(39)42)33-50(57-67-36-37-19-23-43(24-20-37)59(64)65)48-31-41(13-5-7-27-60)47(18-6-8-28-61)53(54(48)56)49-32-45(25-26-51(49)69-56)68-44-16-9-11-38(30-44)35-62/h2-4,9-12,14-17,19-20,23-26,30-32,35,40-41,47,52-54,60-61H,1,5-8,13,18,21-22,27-29,33-34,36H2. The highest BCUT2D eigenvalue weighted by molar-refractivity contribution is 6.03. The molecule has 0 radical (unpaired) electrons. The van der Waals surface area contributed by atoms with Gasteiger partial charge in [0.1, 0.15) is 36.2 Å². The SMILES string of the molecule is C=CCOC12Oc3ccc(Oc4cccc(C=O)c4)cc3C3C(CCCCO)C(CCCCO)C=C(C(=NOCc4ccc([N+](=O)[O-])cc4)CC1N(Cc1cccc4ccccc14)C(=O)C1CC1)C32.